The van der Waals surface area contributed by atoms with Crippen molar-refractivity contribution < 1.29 is 14.1 Å². The Morgan fingerprint density at radius 2 is 2.20 bits per heavy atom. The summed E-state index contributed by atoms with van der Waals surface area (Å²) >= 11 is 2.87. The molecule has 1 aromatic carbocycles. The number of hydrogen-bond donors (Lipinski definition) is 1. The van der Waals surface area contributed by atoms with Crippen LogP contribution in [0.15, 0.2) is 12.1 Å². The SMILES string of the molecule is Nc1cc(F)cc([N+](=O)[O-])c1C(=O)CBr. The Hall–Kier alpha value is -1.50. The average molecular weight is 277 g/mol. The van der Waals surface area contributed by atoms with Gasteiger partial charge in [-0.25, -0.2) is 4.39 Å². The fourth-order valence-electron chi connectivity index (χ4n) is 1.13. The number of alkyl halides is 1. The topological polar surface area (TPSA) is 86.2 Å². The molecule has 0 aliphatic carbocycles. The molecule has 0 aliphatic heterocycles. The molecule has 0 atom stereocenters. The van der Waals surface area contributed by atoms with Crippen molar-refractivity contribution >= 4 is 33.1 Å². The van der Waals surface area contributed by atoms with Crippen molar-refractivity contribution in [2.75, 3.05) is 11.1 Å². The number of nitrogens with zero attached hydrogens (tertiary/aromatic N) is 1. The maximum absolute atomic E-state index is 12.8. The second-order valence-corrected chi connectivity index (χ2v) is 3.26. The highest BCUT2D eigenvalue weighted by Gasteiger charge is 2.23. The number of nitrogen functional groups attached to an aromatic ring is 1. The van der Waals surface area contributed by atoms with Crippen LogP contribution in [0.5, 0.6) is 0 Å². The first-order valence-corrected chi connectivity index (χ1v) is 4.92. The van der Waals surface area contributed by atoms with Crippen LogP contribution in [0.4, 0.5) is 15.8 Å². The smallest absolute Gasteiger partial charge is 0.285 e. The fourth-order valence-corrected chi connectivity index (χ4v) is 1.41. The molecule has 0 bridgehead atoms. The van der Waals surface area contributed by atoms with E-state index in [9.17, 15) is 19.3 Å². The predicted molar refractivity (Wildman–Crippen MR) is 55.6 cm³/mol. The molecule has 1 rings (SSSR count). The lowest BCUT2D eigenvalue weighted by Crippen LogP contribution is -2.09. The third kappa shape index (κ3) is 2.30. The molecule has 2 N–H and O–H groups in total. The summed E-state index contributed by atoms with van der Waals surface area (Å²) in [5.74, 6) is -1.40. The number of carbonyl (C=O) groups is 1. The zero-order valence-electron chi connectivity index (χ0n) is 7.37. The molecule has 5 nitrogen and oxygen atoms in total. The summed E-state index contributed by atoms with van der Waals surface area (Å²) in [5.41, 5.74) is 4.24. The zero-order valence-corrected chi connectivity index (χ0v) is 8.95. The number of nitro groups is 1. The molecule has 0 fully saturated rings. The van der Waals surface area contributed by atoms with Crippen molar-refractivity contribution in [2.24, 2.45) is 0 Å². The van der Waals surface area contributed by atoms with Gasteiger partial charge in [0, 0.05) is 0 Å². The van der Waals surface area contributed by atoms with Gasteiger partial charge in [0.25, 0.3) is 5.69 Å². The van der Waals surface area contributed by atoms with Crippen LogP contribution in [0, 0.1) is 15.9 Å². The van der Waals surface area contributed by atoms with Crippen molar-refractivity contribution in [3.8, 4) is 0 Å². The molecule has 1 aromatic rings. The van der Waals surface area contributed by atoms with Crippen molar-refractivity contribution in [1.29, 1.82) is 0 Å². The Kier molecular flexibility index (Phi) is 3.35. The molecular formula is C8H6BrFN2O3. The number of anilines is 1. The number of rotatable bonds is 3. The first kappa shape index (κ1) is 11.6. The van der Waals surface area contributed by atoms with E-state index in [2.05, 4.69) is 15.9 Å². The Morgan fingerprint density at radius 1 is 1.60 bits per heavy atom. The first-order chi connectivity index (χ1) is 6.97. The summed E-state index contributed by atoms with van der Waals surface area (Å²) in [6.07, 6.45) is 0. The van der Waals surface area contributed by atoms with E-state index in [4.69, 9.17) is 5.73 Å². The van der Waals surface area contributed by atoms with E-state index in [-0.39, 0.29) is 16.6 Å². The highest BCUT2D eigenvalue weighted by molar-refractivity contribution is 9.09. The molecule has 0 radical (unpaired) electrons. The Bertz CT molecular complexity index is 436. The number of hydrogen-bond acceptors (Lipinski definition) is 4. The largest absolute Gasteiger partial charge is 0.398 e. The van der Waals surface area contributed by atoms with Crippen molar-refractivity contribution in [2.45, 2.75) is 0 Å². The molecule has 0 heterocycles. The minimum atomic E-state index is -0.842. The third-order valence-corrected chi connectivity index (χ3v) is 2.22. The molecule has 7 heteroatoms. The highest BCUT2D eigenvalue weighted by atomic mass is 79.9. The van der Waals surface area contributed by atoms with E-state index >= 15 is 0 Å². The Morgan fingerprint density at radius 3 is 2.67 bits per heavy atom. The van der Waals surface area contributed by atoms with E-state index < -0.39 is 22.2 Å². The number of carbonyl (C=O) groups excluding carboxylic acids is 1. The average Bonchev–Trinajstić information content (AvgIpc) is 2.15. The Labute approximate surface area is 92.3 Å². The number of nitro benzene ring substituents is 1. The van der Waals surface area contributed by atoms with E-state index in [1.54, 1.807) is 0 Å². The van der Waals surface area contributed by atoms with Crippen LogP contribution in [-0.4, -0.2) is 16.0 Å². The van der Waals surface area contributed by atoms with Gasteiger partial charge in [-0.3, -0.25) is 14.9 Å². The molecule has 0 amide bonds. The molecule has 0 unspecified atom stereocenters. The fraction of sp³-hybridized carbons (Fsp3) is 0.125. The van der Waals surface area contributed by atoms with Crippen LogP contribution >= 0.6 is 15.9 Å². The summed E-state index contributed by atoms with van der Waals surface area (Å²) in [6, 6.07) is 1.55. The van der Waals surface area contributed by atoms with Gasteiger partial charge >= 0.3 is 0 Å². The third-order valence-electron chi connectivity index (χ3n) is 1.71. The maximum atomic E-state index is 12.8. The lowest BCUT2D eigenvalue weighted by molar-refractivity contribution is -0.385. The van der Waals surface area contributed by atoms with Gasteiger partial charge in [-0.15, -0.1) is 0 Å². The van der Waals surface area contributed by atoms with Crippen LogP contribution in [0.2, 0.25) is 0 Å². The van der Waals surface area contributed by atoms with E-state index in [1.807, 2.05) is 0 Å². The lowest BCUT2D eigenvalue weighted by atomic mass is 10.1. The van der Waals surface area contributed by atoms with E-state index in [0.29, 0.717) is 6.07 Å². The monoisotopic (exact) mass is 276 g/mol. The van der Waals surface area contributed by atoms with Gasteiger partial charge in [0.2, 0.25) is 0 Å². The van der Waals surface area contributed by atoms with Crippen molar-refractivity contribution in [3.63, 3.8) is 0 Å². The van der Waals surface area contributed by atoms with Gasteiger partial charge in [-0.05, 0) is 6.07 Å². The predicted octanol–water partition coefficient (Wildman–Crippen LogP) is 1.89. The normalized spacial score (nSPS) is 10.0. The summed E-state index contributed by atoms with van der Waals surface area (Å²) < 4.78 is 12.8. The summed E-state index contributed by atoms with van der Waals surface area (Å²) in [6.45, 7) is 0. The van der Waals surface area contributed by atoms with Crippen LogP contribution in [0.25, 0.3) is 0 Å². The minimum absolute atomic E-state index is 0.107. The molecule has 80 valence electrons. The van der Waals surface area contributed by atoms with Crippen LogP contribution in [0.1, 0.15) is 10.4 Å². The molecule has 15 heavy (non-hydrogen) atoms. The summed E-state index contributed by atoms with van der Waals surface area (Å²) in [5, 5.41) is 10.5. The van der Waals surface area contributed by atoms with E-state index in [0.717, 1.165) is 6.07 Å². The second kappa shape index (κ2) is 4.35. The van der Waals surface area contributed by atoms with Crippen molar-refractivity contribution in [3.05, 3.63) is 33.6 Å². The number of benzene rings is 1. The van der Waals surface area contributed by atoms with Crippen molar-refractivity contribution in [1.82, 2.24) is 0 Å². The van der Waals surface area contributed by atoms with Crippen LogP contribution < -0.4 is 5.73 Å². The zero-order chi connectivity index (χ0) is 11.6. The van der Waals surface area contributed by atoms with Crippen LogP contribution in [-0.2, 0) is 0 Å². The molecule has 0 aromatic heterocycles. The quantitative estimate of drug-likeness (QED) is 0.300. The summed E-state index contributed by atoms with van der Waals surface area (Å²) in [4.78, 5) is 21.0. The van der Waals surface area contributed by atoms with Gasteiger partial charge in [0.15, 0.2) is 5.78 Å². The number of nitrogens with two attached hydrogens (primary N) is 1. The highest BCUT2D eigenvalue weighted by Crippen LogP contribution is 2.26. The molecule has 0 aliphatic rings. The van der Waals surface area contributed by atoms with Gasteiger partial charge in [0.1, 0.15) is 11.4 Å². The second-order valence-electron chi connectivity index (χ2n) is 2.70. The van der Waals surface area contributed by atoms with Gasteiger partial charge in [-0.1, -0.05) is 15.9 Å². The standard InChI is InChI=1S/C8H6BrFN2O3/c9-3-7(13)8-5(11)1-4(10)2-6(8)12(14)15/h1-2H,3,11H2. The molecule has 0 saturated carbocycles. The lowest BCUT2D eigenvalue weighted by Gasteiger charge is -2.03. The van der Waals surface area contributed by atoms with Gasteiger partial charge in [-0.2, -0.15) is 0 Å². The number of halogens is 2. The van der Waals surface area contributed by atoms with Crippen LogP contribution in [0.3, 0.4) is 0 Å². The minimum Gasteiger partial charge on any atom is -0.398 e. The molecule has 0 spiro atoms. The van der Waals surface area contributed by atoms with Gasteiger partial charge < -0.3 is 5.73 Å². The number of Topliss-reactive ketones (excluding diaryl/α,β-unsaturated/α-hetero) is 1. The Balaban J connectivity index is 3.46. The maximum Gasteiger partial charge on any atom is 0.285 e. The van der Waals surface area contributed by atoms with Gasteiger partial charge in [0.05, 0.1) is 22.0 Å². The van der Waals surface area contributed by atoms with E-state index in [1.165, 1.54) is 0 Å². The number of ketones is 1. The summed E-state index contributed by atoms with van der Waals surface area (Å²) in [7, 11) is 0. The molecular weight excluding hydrogens is 271 g/mol. The first-order valence-electron chi connectivity index (χ1n) is 3.80. The molecule has 0 saturated heterocycles.